The molecule has 2 fully saturated rings. The van der Waals surface area contributed by atoms with Crippen LogP contribution in [-0.4, -0.2) is 47.8 Å². The first-order valence-electron chi connectivity index (χ1n) is 11.8. The van der Waals surface area contributed by atoms with Crippen LogP contribution in [0.3, 0.4) is 0 Å². The summed E-state index contributed by atoms with van der Waals surface area (Å²) in [4.78, 5) is 39.8. The number of hydrogen-bond acceptors (Lipinski definition) is 4. The summed E-state index contributed by atoms with van der Waals surface area (Å²) in [5, 5.41) is 15.3. The lowest BCUT2D eigenvalue weighted by Gasteiger charge is -2.24. The molecule has 186 valence electrons. The van der Waals surface area contributed by atoms with Gasteiger partial charge >= 0.3 is 0 Å². The first kappa shape index (κ1) is 25.4. The molecule has 2 heterocycles. The Morgan fingerprint density at radius 1 is 1.28 bits per heavy atom. The first-order chi connectivity index (χ1) is 17.4. The molecule has 9 heteroatoms. The average molecular weight is 509 g/mol. The minimum absolute atomic E-state index is 0.0762. The van der Waals surface area contributed by atoms with Crippen LogP contribution in [0, 0.1) is 23.1 Å². The van der Waals surface area contributed by atoms with E-state index in [1.54, 1.807) is 0 Å². The molecule has 0 aliphatic carbocycles. The number of amides is 3. The Bertz CT molecular complexity index is 1210. The predicted molar refractivity (Wildman–Crippen MR) is 133 cm³/mol. The van der Waals surface area contributed by atoms with Gasteiger partial charge in [0.1, 0.15) is 17.9 Å². The molecule has 2 aliphatic rings. The molecule has 3 amide bonds. The summed E-state index contributed by atoms with van der Waals surface area (Å²) < 4.78 is 14.2. The normalized spacial score (nSPS) is 22.3. The number of carbonyl (C=O) groups is 3. The van der Waals surface area contributed by atoms with Crippen molar-refractivity contribution in [3.8, 4) is 6.07 Å². The largest absolute Gasteiger partial charge is 0.356 e. The van der Waals surface area contributed by atoms with Gasteiger partial charge in [0.25, 0.3) is 0 Å². The Labute approximate surface area is 213 Å². The molecular weight excluding hydrogens is 483 g/mol. The maximum absolute atomic E-state index is 14.2. The molecule has 4 atom stereocenters. The molecule has 7 nitrogen and oxygen atoms in total. The zero-order chi connectivity index (χ0) is 25.7. The lowest BCUT2D eigenvalue weighted by atomic mass is 9.95. The number of carbonyl (C=O) groups excluding carboxylic acids is 3. The van der Waals surface area contributed by atoms with Gasteiger partial charge in [-0.2, -0.15) is 5.26 Å². The van der Waals surface area contributed by atoms with Crippen molar-refractivity contribution >= 4 is 35.4 Å². The molecular formula is C27H26ClFN4O3. The van der Waals surface area contributed by atoms with E-state index >= 15 is 0 Å². The molecule has 4 rings (SSSR count). The molecule has 1 unspecified atom stereocenters. The quantitative estimate of drug-likeness (QED) is 0.559. The van der Waals surface area contributed by atoms with E-state index in [1.807, 2.05) is 30.3 Å². The van der Waals surface area contributed by atoms with E-state index in [9.17, 15) is 24.0 Å². The highest BCUT2D eigenvalue weighted by Gasteiger charge is 2.40. The van der Waals surface area contributed by atoms with Gasteiger partial charge < -0.3 is 15.5 Å². The number of nitriles is 1. The lowest BCUT2D eigenvalue weighted by molar-refractivity contribution is -0.135. The summed E-state index contributed by atoms with van der Waals surface area (Å²) in [6.07, 6.45) is 3.81. The SMILES string of the molecule is N#CC(C[C@@H]1CCNC1=O)NC(=O)[C@@H]1C[C@@H](c2ccccc2)CN1C(=O)/C=C/c1ccc(Cl)cc1F. The van der Waals surface area contributed by atoms with Crippen LogP contribution in [0.1, 0.15) is 36.3 Å². The summed E-state index contributed by atoms with van der Waals surface area (Å²) in [6.45, 7) is 0.858. The zero-order valence-electron chi connectivity index (χ0n) is 19.5. The van der Waals surface area contributed by atoms with Gasteiger partial charge in [0.2, 0.25) is 17.7 Å². The van der Waals surface area contributed by atoms with Crippen molar-refractivity contribution in [2.24, 2.45) is 5.92 Å². The van der Waals surface area contributed by atoms with E-state index in [4.69, 9.17) is 11.6 Å². The second-order valence-electron chi connectivity index (χ2n) is 9.05. The molecule has 0 aromatic heterocycles. The van der Waals surface area contributed by atoms with E-state index < -0.39 is 29.7 Å². The van der Waals surface area contributed by atoms with E-state index in [-0.39, 0.29) is 34.7 Å². The van der Waals surface area contributed by atoms with Crippen molar-refractivity contribution in [3.05, 3.63) is 76.6 Å². The van der Waals surface area contributed by atoms with Crippen LogP contribution in [0.5, 0.6) is 0 Å². The van der Waals surface area contributed by atoms with Gasteiger partial charge in [0.05, 0.1) is 6.07 Å². The lowest BCUT2D eigenvalue weighted by Crippen LogP contribution is -2.48. The maximum Gasteiger partial charge on any atom is 0.247 e. The van der Waals surface area contributed by atoms with E-state index in [1.165, 1.54) is 29.2 Å². The summed E-state index contributed by atoms with van der Waals surface area (Å²) in [5.74, 6) is -1.97. The molecule has 2 aromatic rings. The van der Waals surface area contributed by atoms with Crippen molar-refractivity contribution in [2.45, 2.75) is 37.3 Å². The Morgan fingerprint density at radius 3 is 2.72 bits per heavy atom. The summed E-state index contributed by atoms with van der Waals surface area (Å²) in [6, 6.07) is 14.2. The third-order valence-electron chi connectivity index (χ3n) is 6.68. The van der Waals surface area contributed by atoms with Crippen molar-refractivity contribution < 1.29 is 18.8 Å². The molecule has 36 heavy (non-hydrogen) atoms. The zero-order valence-corrected chi connectivity index (χ0v) is 20.2. The van der Waals surface area contributed by atoms with E-state index in [0.717, 1.165) is 11.6 Å². The fourth-order valence-corrected chi connectivity index (χ4v) is 4.91. The highest BCUT2D eigenvalue weighted by Crippen LogP contribution is 2.32. The third-order valence-corrected chi connectivity index (χ3v) is 6.92. The molecule has 0 saturated carbocycles. The van der Waals surface area contributed by atoms with Crippen LogP contribution < -0.4 is 10.6 Å². The fourth-order valence-electron chi connectivity index (χ4n) is 4.75. The monoisotopic (exact) mass is 508 g/mol. The first-order valence-corrected chi connectivity index (χ1v) is 12.2. The molecule has 0 radical (unpaired) electrons. The number of benzene rings is 2. The molecule has 2 saturated heterocycles. The Morgan fingerprint density at radius 2 is 2.06 bits per heavy atom. The molecule has 2 N–H and O–H groups in total. The molecule has 2 aliphatic heterocycles. The Hall–Kier alpha value is -3.70. The Balaban J connectivity index is 1.51. The second-order valence-corrected chi connectivity index (χ2v) is 9.49. The van der Waals surface area contributed by atoms with Gasteiger partial charge in [0, 0.05) is 41.6 Å². The van der Waals surface area contributed by atoms with E-state index in [0.29, 0.717) is 25.9 Å². The highest BCUT2D eigenvalue weighted by molar-refractivity contribution is 6.30. The van der Waals surface area contributed by atoms with Gasteiger partial charge in [-0.1, -0.05) is 48.0 Å². The van der Waals surface area contributed by atoms with Gasteiger partial charge in [-0.25, -0.2) is 4.39 Å². The summed E-state index contributed by atoms with van der Waals surface area (Å²) >= 11 is 5.80. The highest BCUT2D eigenvalue weighted by atomic mass is 35.5. The number of halogens is 2. The van der Waals surface area contributed by atoms with Crippen LogP contribution in [0.2, 0.25) is 5.02 Å². The van der Waals surface area contributed by atoms with Crippen molar-refractivity contribution in [1.29, 1.82) is 5.26 Å². The number of likely N-dealkylation sites (tertiary alicyclic amines) is 1. The van der Waals surface area contributed by atoms with Crippen molar-refractivity contribution in [2.75, 3.05) is 13.1 Å². The molecule has 2 aromatic carbocycles. The fraction of sp³-hybridized carbons (Fsp3) is 0.333. The molecule has 0 spiro atoms. The van der Waals surface area contributed by atoms with Gasteiger partial charge in [0.15, 0.2) is 0 Å². The molecule has 0 bridgehead atoms. The van der Waals surface area contributed by atoms with Crippen LogP contribution in [0.15, 0.2) is 54.6 Å². The van der Waals surface area contributed by atoms with Crippen molar-refractivity contribution in [1.82, 2.24) is 15.5 Å². The van der Waals surface area contributed by atoms with Crippen LogP contribution >= 0.6 is 11.6 Å². The minimum Gasteiger partial charge on any atom is -0.356 e. The standard InChI is InChI=1S/C27H26ClFN4O3/c28-21-8-6-18(23(29)14-21)7-9-25(34)33-16-20(17-4-2-1-3-5-17)13-24(33)27(36)32-22(15-30)12-19-10-11-31-26(19)35/h1-9,14,19-20,22,24H,10-13,16H2,(H,31,35)(H,32,36)/b9-7+/t19-,20+,22?,24-/m0/s1. The number of nitrogens with zero attached hydrogens (tertiary/aromatic N) is 2. The van der Waals surface area contributed by atoms with Crippen molar-refractivity contribution in [3.63, 3.8) is 0 Å². The smallest absolute Gasteiger partial charge is 0.247 e. The maximum atomic E-state index is 14.2. The predicted octanol–water partition coefficient (Wildman–Crippen LogP) is 3.41. The third kappa shape index (κ3) is 5.92. The van der Waals surface area contributed by atoms with Gasteiger partial charge in [-0.3, -0.25) is 14.4 Å². The second kappa shape index (κ2) is 11.4. The average Bonchev–Trinajstić information content (AvgIpc) is 3.50. The summed E-state index contributed by atoms with van der Waals surface area (Å²) in [5.41, 5.74) is 1.20. The topological polar surface area (TPSA) is 102 Å². The van der Waals surface area contributed by atoms with Gasteiger partial charge in [-0.15, -0.1) is 0 Å². The van der Waals surface area contributed by atoms with E-state index in [2.05, 4.69) is 16.7 Å². The Kier molecular flexibility index (Phi) is 8.01. The van der Waals surface area contributed by atoms with Crippen LogP contribution in [-0.2, 0) is 14.4 Å². The van der Waals surface area contributed by atoms with Crippen LogP contribution in [0.4, 0.5) is 4.39 Å². The minimum atomic E-state index is -0.849. The van der Waals surface area contributed by atoms with Gasteiger partial charge in [-0.05, 0) is 43.0 Å². The number of hydrogen-bond donors (Lipinski definition) is 2. The number of rotatable bonds is 7. The number of nitrogens with one attached hydrogen (secondary N) is 2. The summed E-state index contributed by atoms with van der Waals surface area (Å²) in [7, 11) is 0. The van der Waals surface area contributed by atoms with Crippen LogP contribution in [0.25, 0.3) is 6.08 Å².